The van der Waals surface area contributed by atoms with E-state index in [9.17, 15) is 0 Å². The fraction of sp³-hybridized carbons (Fsp3) is 0.625. The van der Waals surface area contributed by atoms with E-state index < -0.39 is 0 Å². The summed E-state index contributed by atoms with van der Waals surface area (Å²) in [5.41, 5.74) is 2.54. The van der Waals surface area contributed by atoms with Gasteiger partial charge in [0.1, 0.15) is 0 Å². The highest BCUT2D eigenvalue weighted by atomic mass is 79.9. The predicted molar refractivity (Wildman–Crippen MR) is 85.9 cm³/mol. The minimum Gasteiger partial charge on any atom is -0.493 e. The molecule has 0 radical (unpaired) electrons. The van der Waals surface area contributed by atoms with E-state index in [1.54, 1.807) is 14.2 Å². The number of methoxy groups -OCH3 is 2. The van der Waals surface area contributed by atoms with Gasteiger partial charge in [0.05, 0.1) is 14.2 Å². The Kier molecular flexibility index (Phi) is 5.73. The van der Waals surface area contributed by atoms with Crippen LogP contribution in [-0.4, -0.2) is 27.3 Å². The zero-order chi connectivity index (χ0) is 14.5. The quantitative estimate of drug-likeness (QED) is 0.887. The lowest BCUT2D eigenvalue weighted by atomic mass is 9.89. The molecule has 1 heterocycles. The van der Waals surface area contributed by atoms with Gasteiger partial charge >= 0.3 is 0 Å². The van der Waals surface area contributed by atoms with Crippen molar-refractivity contribution in [3.8, 4) is 11.5 Å². The van der Waals surface area contributed by atoms with Crippen molar-refractivity contribution in [2.45, 2.75) is 32.6 Å². The van der Waals surface area contributed by atoms with Crippen molar-refractivity contribution >= 4 is 15.9 Å². The first-order valence-corrected chi connectivity index (χ1v) is 8.13. The second-order valence-electron chi connectivity index (χ2n) is 5.31. The molecule has 3 nitrogen and oxygen atoms in total. The van der Waals surface area contributed by atoms with Crippen LogP contribution in [0.3, 0.4) is 0 Å². The molecule has 112 valence electrons. The van der Waals surface area contributed by atoms with Gasteiger partial charge in [0.15, 0.2) is 11.5 Å². The van der Waals surface area contributed by atoms with Gasteiger partial charge in [-0.2, -0.15) is 0 Å². The fourth-order valence-electron chi connectivity index (χ4n) is 2.92. The summed E-state index contributed by atoms with van der Waals surface area (Å²) < 4.78 is 12.3. The second-order valence-corrected chi connectivity index (χ2v) is 6.11. The smallest absolute Gasteiger partial charge is 0.165 e. The highest BCUT2D eigenvalue weighted by Gasteiger charge is 2.22. The molecule has 0 unspecified atom stereocenters. The highest BCUT2D eigenvalue weighted by Crippen LogP contribution is 2.41. The van der Waals surface area contributed by atoms with Gasteiger partial charge in [-0.05, 0) is 56.3 Å². The molecule has 0 spiro atoms. The third-order valence-electron chi connectivity index (χ3n) is 4.11. The molecule has 1 saturated heterocycles. The number of piperidine rings is 1. The van der Waals surface area contributed by atoms with Crippen molar-refractivity contribution in [3.05, 3.63) is 21.7 Å². The van der Waals surface area contributed by atoms with Crippen molar-refractivity contribution in [3.63, 3.8) is 0 Å². The van der Waals surface area contributed by atoms with Gasteiger partial charge in [-0.1, -0.05) is 22.9 Å². The monoisotopic (exact) mass is 341 g/mol. The first-order chi connectivity index (χ1) is 9.71. The van der Waals surface area contributed by atoms with Crippen molar-refractivity contribution in [2.75, 3.05) is 27.3 Å². The standard InChI is InChI=1S/C16H24BrNO2/c1-4-12-10-14(19-2)16(20-3)13(15(12)17)9-11-5-7-18-8-6-11/h10-11,18H,4-9H2,1-3H3. The molecule has 20 heavy (non-hydrogen) atoms. The van der Waals surface area contributed by atoms with Crippen LogP contribution in [0.25, 0.3) is 0 Å². The van der Waals surface area contributed by atoms with Gasteiger partial charge in [-0.25, -0.2) is 0 Å². The summed E-state index contributed by atoms with van der Waals surface area (Å²) in [6.07, 6.45) is 4.50. The van der Waals surface area contributed by atoms with Crippen LogP contribution in [0.5, 0.6) is 11.5 Å². The number of aryl methyl sites for hydroxylation is 1. The molecule has 1 aliphatic rings. The molecule has 1 aromatic carbocycles. The van der Waals surface area contributed by atoms with Crippen LogP contribution in [-0.2, 0) is 12.8 Å². The maximum Gasteiger partial charge on any atom is 0.165 e. The summed E-state index contributed by atoms with van der Waals surface area (Å²) in [7, 11) is 3.43. The molecule has 0 aromatic heterocycles. The summed E-state index contributed by atoms with van der Waals surface area (Å²) in [6, 6.07) is 2.08. The average Bonchev–Trinajstić information content (AvgIpc) is 2.50. The van der Waals surface area contributed by atoms with E-state index in [2.05, 4.69) is 34.2 Å². The molecular formula is C16H24BrNO2. The Morgan fingerprint density at radius 1 is 1.25 bits per heavy atom. The van der Waals surface area contributed by atoms with Crippen molar-refractivity contribution in [1.29, 1.82) is 0 Å². The molecule has 0 bridgehead atoms. The van der Waals surface area contributed by atoms with E-state index in [0.717, 1.165) is 43.3 Å². The van der Waals surface area contributed by atoms with Crippen LogP contribution in [0.2, 0.25) is 0 Å². The van der Waals surface area contributed by atoms with Crippen molar-refractivity contribution in [2.24, 2.45) is 5.92 Å². The molecule has 1 N–H and O–H groups in total. The minimum absolute atomic E-state index is 0.721. The maximum absolute atomic E-state index is 5.62. The molecule has 2 rings (SSSR count). The van der Waals surface area contributed by atoms with E-state index in [1.165, 1.54) is 28.4 Å². The molecule has 1 aromatic rings. The lowest BCUT2D eigenvalue weighted by Crippen LogP contribution is -2.28. The summed E-state index contributed by atoms with van der Waals surface area (Å²) >= 11 is 3.77. The summed E-state index contributed by atoms with van der Waals surface area (Å²) in [5.74, 6) is 2.45. The molecule has 1 fully saturated rings. The number of hydrogen-bond acceptors (Lipinski definition) is 3. The first kappa shape index (κ1) is 15.6. The number of hydrogen-bond donors (Lipinski definition) is 1. The molecule has 0 amide bonds. The van der Waals surface area contributed by atoms with Crippen LogP contribution in [0.4, 0.5) is 0 Å². The summed E-state index contributed by atoms with van der Waals surface area (Å²) in [6.45, 7) is 4.41. The van der Waals surface area contributed by atoms with Crippen molar-refractivity contribution in [1.82, 2.24) is 5.32 Å². The molecule has 0 aliphatic carbocycles. The molecule has 0 saturated carbocycles. The van der Waals surface area contributed by atoms with E-state index in [1.807, 2.05) is 0 Å². The molecule has 0 atom stereocenters. The fourth-order valence-corrected chi connectivity index (χ4v) is 3.66. The van der Waals surface area contributed by atoms with Crippen LogP contribution < -0.4 is 14.8 Å². The lowest BCUT2D eigenvalue weighted by Gasteiger charge is -2.25. The Morgan fingerprint density at radius 3 is 2.50 bits per heavy atom. The van der Waals surface area contributed by atoms with Gasteiger partial charge in [0, 0.05) is 10.0 Å². The number of benzene rings is 1. The SMILES string of the molecule is CCc1cc(OC)c(OC)c(CC2CCNCC2)c1Br. The summed E-state index contributed by atoms with van der Waals surface area (Å²) in [5, 5.41) is 3.42. The molecular weight excluding hydrogens is 318 g/mol. The minimum atomic E-state index is 0.721. The third kappa shape index (κ3) is 3.29. The van der Waals surface area contributed by atoms with Crippen molar-refractivity contribution < 1.29 is 9.47 Å². The molecule has 4 heteroatoms. The van der Waals surface area contributed by atoms with E-state index in [4.69, 9.17) is 9.47 Å². The van der Waals surface area contributed by atoms with Crippen LogP contribution in [0.1, 0.15) is 30.9 Å². The highest BCUT2D eigenvalue weighted by molar-refractivity contribution is 9.10. The van der Waals surface area contributed by atoms with Crippen LogP contribution in [0, 0.1) is 5.92 Å². The van der Waals surface area contributed by atoms with Gasteiger partial charge < -0.3 is 14.8 Å². The average molecular weight is 342 g/mol. The maximum atomic E-state index is 5.62. The zero-order valence-electron chi connectivity index (χ0n) is 12.6. The Balaban J connectivity index is 2.36. The largest absolute Gasteiger partial charge is 0.493 e. The van der Waals surface area contributed by atoms with E-state index in [0.29, 0.717) is 0 Å². The predicted octanol–water partition coefficient (Wildman–Crippen LogP) is 3.57. The zero-order valence-corrected chi connectivity index (χ0v) is 14.2. The Bertz CT molecular complexity index is 456. The van der Waals surface area contributed by atoms with Crippen LogP contribution in [0.15, 0.2) is 10.5 Å². The molecule has 1 aliphatic heterocycles. The second kappa shape index (κ2) is 7.32. The Hall–Kier alpha value is -0.740. The summed E-state index contributed by atoms with van der Waals surface area (Å²) in [4.78, 5) is 0. The number of ether oxygens (including phenoxy) is 2. The van der Waals surface area contributed by atoms with E-state index >= 15 is 0 Å². The number of halogens is 1. The lowest BCUT2D eigenvalue weighted by molar-refractivity contribution is 0.338. The Labute approximate surface area is 130 Å². The first-order valence-electron chi connectivity index (χ1n) is 7.34. The number of nitrogens with one attached hydrogen (secondary N) is 1. The van der Waals surface area contributed by atoms with Gasteiger partial charge in [0.25, 0.3) is 0 Å². The van der Waals surface area contributed by atoms with Crippen LogP contribution >= 0.6 is 15.9 Å². The normalized spacial score (nSPS) is 16.2. The van der Waals surface area contributed by atoms with Gasteiger partial charge in [0.2, 0.25) is 0 Å². The van der Waals surface area contributed by atoms with Gasteiger partial charge in [-0.3, -0.25) is 0 Å². The topological polar surface area (TPSA) is 30.5 Å². The number of rotatable bonds is 5. The van der Waals surface area contributed by atoms with E-state index in [-0.39, 0.29) is 0 Å². The third-order valence-corrected chi connectivity index (χ3v) is 5.09. The Morgan fingerprint density at radius 2 is 1.95 bits per heavy atom. The van der Waals surface area contributed by atoms with Gasteiger partial charge in [-0.15, -0.1) is 0 Å².